The molecule has 1 aromatic rings. The van der Waals surface area contributed by atoms with Gasteiger partial charge in [-0.3, -0.25) is 0 Å². The summed E-state index contributed by atoms with van der Waals surface area (Å²) in [6.07, 6.45) is 5.55. The van der Waals surface area contributed by atoms with Crippen LogP contribution in [0.4, 0.5) is 5.69 Å². The van der Waals surface area contributed by atoms with Crippen molar-refractivity contribution in [2.24, 2.45) is 5.73 Å². The molecule has 3 N–H and O–H groups in total. The van der Waals surface area contributed by atoms with Crippen LogP contribution in [0.3, 0.4) is 0 Å². The first-order valence-electron chi connectivity index (χ1n) is 5.44. The van der Waals surface area contributed by atoms with E-state index >= 15 is 0 Å². The first-order chi connectivity index (χ1) is 7.28. The molecule has 1 aliphatic rings. The average molecular weight is 222 g/mol. The Morgan fingerprint density at radius 3 is 2.53 bits per heavy atom. The summed E-state index contributed by atoms with van der Waals surface area (Å²) in [4.78, 5) is 1.31. The van der Waals surface area contributed by atoms with Crippen LogP contribution in [-0.4, -0.2) is 18.3 Å². The van der Waals surface area contributed by atoms with E-state index < -0.39 is 0 Å². The summed E-state index contributed by atoms with van der Waals surface area (Å²) in [7, 11) is 0. The fourth-order valence-corrected chi connectivity index (χ4v) is 2.48. The molecule has 0 radical (unpaired) electrons. The largest absolute Gasteiger partial charge is 0.382 e. The van der Waals surface area contributed by atoms with Gasteiger partial charge in [0.1, 0.15) is 0 Å². The number of hydrogen-bond acceptors (Lipinski definition) is 3. The normalized spacial score (nSPS) is 25.5. The summed E-state index contributed by atoms with van der Waals surface area (Å²) in [6, 6.07) is 9.57. The highest BCUT2D eigenvalue weighted by molar-refractivity contribution is 7.98. The zero-order chi connectivity index (χ0) is 10.7. The number of rotatable bonds is 3. The maximum atomic E-state index is 5.88. The van der Waals surface area contributed by atoms with Gasteiger partial charge in [0.25, 0.3) is 0 Å². The molecule has 0 saturated heterocycles. The number of anilines is 1. The van der Waals surface area contributed by atoms with Crippen molar-refractivity contribution >= 4 is 17.4 Å². The van der Waals surface area contributed by atoms with E-state index in [1.807, 2.05) is 0 Å². The fourth-order valence-electron chi connectivity index (χ4n) is 2.07. The summed E-state index contributed by atoms with van der Waals surface area (Å²) < 4.78 is 0. The topological polar surface area (TPSA) is 38.0 Å². The van der Waals surface area contributed by atoms with Gasteiger partial charge in [0.05, 0.1) is 0 Å². The molecule has 2 unspecified atom stereocenters. The first kappa shape index (κ1) is 10.8. The minimum Gasteiger partial charge on any atom is -0.382 e. The summed E-state index contributed by atoms with van der Waals surface area (Å²) in [5.74, 6) is 0. The van der Waals surface area contributed by atoms with E-state index in [1.165, 1.54) is 17.0 Å². The number of nitrogens with two attached hydrogens (primary N) is 1. The van der Waals surface area contributed by atoms with Gasteiger partial charge in [-0.1, -0.05) is 0 Å². The predicted octanol–water partition coefficient (Wildman–Crippen LogP) is 2.70. The van der Waals surface area contributed by atoms with Gasteiger partial charge in [0.15, 0.2) is 0 Å². The zero-order valence-electron chi connectivity index (χ0n) is 9.07. The summed E-state index contributed by atoms with van der Waals surface area (Å²) >= 11 is 1.77. The third kappa shape index (κ3) is 2.89. The minimum atomic E-state index is 0.396. The van der Waals surface area contributed by atoms with Crippen LogP contribution < -0.4 is 11.1 Å². The maximum Gasteiger partial charge on any atom is 0.0343 e. The zero-order valence-corrected chi connectivity index (χ0v) is 9.89. The van der Waals surface area contributed by atoms with Crippen molar-refractivity contribution < 1.29 is 0 Å². The highest BCUT2D eigenvalue weighted by Gasteiger charge is 2.21. The van der Waals surface area contributed by atoms with Gasteiger partial charge < -0.3 is 11.1 Å². The molecule has 2 atom stereocenters. The lowest BCUT2D eigenvalue weighted by Crippen LogP contribution is -2.20. The Labute approximate surface area is 95.6 Å². The molecule has 0 spiro atoms. The lowest BCUT2D eigenvalue weighted by atomic mass is 10.2. The molecule has 0 aliphatic heterocycles. The van der Waals surface area contributed by atoms with Gasteiger partial charge in [-0.15, -0.1) is 11.8 Å². The first-order valence-corrected chi connectivity index (χ1v) is 6.66. The van der Waals surface area contributed by atoms with Crippen molar-refractivity contribution in [1.82, 2.24) is 0 Å². The van der Waals surface area contributed by atoms with Gasteiger partial charge in [-0.2, -0.15) is 0 Å². The lowest BCUT2D eigenvalue weighted by molar-refractivity contribution is 0.688. The minimum absolute atomic E-state index is 0.396. The molecule has 1 fully saturated rings. The molecule has 0 amide bonds. The Bertz CT molecular complexity index is 310. The number of thioether (sulfide) groups is 1. The molecular formula is C12H18N2S. The van der Waals surface area contributed by atoms with Crippen LogP contribution in [0.25, 0.3) is 0 Å². The summed E-state index contributed by atoms with van der Waals surface area (Å²) in [5, 5.41) is 3.53. The van der Waals surface area contributed by atoms with E-state index in [4.69, 9.17) is 5.73 Å². The van der Waals surface area contributed by atoms with Crippen LogP contribution in [0.5, 0.6) is 0 Å². The van der Waals surface area contributed by atoms with Gasteiger partial charge in [0.2, 0.25) is 0 Å². The summed E-state index contributed by atoms with van der Waals surface area (Å²) in [5.41, 5.74) is 7.10. The second kappa shape index (κ2) is 4.90. The van der Waals surface area contributed by atoms with Crippen LogP contribution in [0, 0.1) is 0 Å². The van der Waals surface area contributed by atoms with E-state index in [9.17, 15) is 0 Å². The molecule has 0 heterocycles. The molecular weight excluding hydrogens is 204 g/mol. The molecule has 3 heteroatoms. The third-order valence-corrected chi connectivity index (χ3v) is 3.68. The molecule has 1 saturated carbocycles. The van der Waals surface area contributed by atoms with Crippen molar-refractivity contribution in [1.29, 1.82) is 0 Å². The van der Waals surface area contributed by atoms with Crippen molar-refractivity contribution in [2.75, 3.05) is 11.6 Å². The molecule has 82 valence electrons. The molecule has 1 aromatic carbocycles. The molecule has 1 aliphatic carbocycles. The highest BCUT2D eigenvalue weighted by Crippen LogP contribution is 2.23. The molecule has 15 heavy (non-hydrogen) atoms. The van der Waals surface area contributed by atoms with E-state index in [0.717, 1.165) is 12.8 Å². The Hall–Kier alpha value is -0.670. The average Bonchev–Trinajstić information content (AvgIpc) is 2.65. The monoisotopic (exact) mass is 222 g/mol. The third-order valence-electron chi connectivity index (χ3n) is 2.93. The lowest BCUT2D eigenvalue weighted by Gasteiger charge is -2.13. The fraction of sp³-hybridized carbons (Fsp3) is 0.500. The highest BCUT2D eigenvalue weighted by atomic mass is 32.2. The number of benzene rings is 1. The van der Waals surface area contributed by atoms with Gasteiger partial charge in [-0.05, 0) is 49.8 Å². The van der Waals surface area contributed by atoms with E-state index in [1.54, 1.807) is 11.8 Å². The Morgan fingerprint density at radius 2 is 2.00 bits per heavy atom. The molecule has 0 bridgehead atoms. The van der Waals surface area contributed by atoms with Crippen molar-refractivity contribution in [3.63, 3.8) is 0 Å². The van der Waals surface area contributed by atoms with Crippen molar-refractivity contribution in [2.45, 2.75) is 36.2 Å². The van der Waals surface area contributed by atoms with E-state index in [-0.39, 0.29) is 0 Å². The van der Waals surface area contributed by atoms with Gasteiger partial charge >= 0.3 is 0 Å². The summed E-state index contributed by atoms with van der Waals surface area (Å²) in [6.45, 7) is 0. The predicted molar refractivity (Wildman–Crippen MR) is 67.5 cm³/mol. The van der Waals surface area contributed by atoms with Crippen LogP contribution >= 0.6 is 11.8 Å². The van der Waals surface area contributed by atoms with Crippen LogP contribution in [0.15, 0.2) is 29.2 Å². The van der Waals surface area contributed by atoms with Crippen molar-refractivity contribution in [3.8, 4) is 0 Å². The Balaban J connectivity index is 1.93. The quantitative estimate of drug-likeness (QED) is 0.772. The smallest absolute Gasteiger partial charge is 0.0343 e. The van der Waals surface area contributed by atoms with Gasteiger partial charge in [0, 0.05) is 22.7 Å². The molecule has 2 rings (SSSR count). The Kier molecular flexibility index (Phi) is 3.54. The standard InChI is InChI=1S/C12H18N2S/c1-15-12-6-4-10(5-7-12)14-11-3-2-9(13)8-11/h4-7,9,11,14H,2-3,8,13H2,1H3. The van der Waals surface area contributed by atoms with Crippen LogP contribution in [-0.2, 0) is 0 Å². The SMILES string of the molecule is CSc1ccc(NC2CCC(N)C2)cc1. The number of nitrogens with one attached hydrogen (secondary N) is 1. The molecule has 2 nitrogen and oxygen atoms in total. The van der Waals surface area contributed by atoms with E-state index in [2.05, 4.69) is 35.8 Å². The second-order valence-electron chi connectivity index (χ2n) is 4.14. The van der Waals surface area contributed by atoms with E-state index in [0.29, 0.717) is 12.1 Å². The van der Waals surface area contributed by atoms with Crippen LogP contribution in [0.2, 0.25) is 0 Å². The Morgan fingerprint density at radius 1 is 1.27 bits per heavy atom. The van der Waals surface area contributed by atoms with Gasteiger partial charge in [-0.25, -0.2) is 0 Å². The molecule has 0 aromatic heterocycles. The number of hydrogen-bond donors (Lipinski definition) is 2. The second-order valence-corrected chi connectivity index (χ2v) is 5.02. The maximum absolute atomic E-state index is 5.88. The van der Waals surface area contributed by atoms with Crippen LogP contribution in [0.1, 0.15) is 19.3 Å². The van der Waals surface area contributed by atoms with Crippen molar-refractivity contribution in [3.05, 3.63) is 24.3 Å².